The van der Waals surface area contributed by atoms with Crippen LogP contribution in [-0.2, 0) is 4.74 Å². The van der Waals surface area contributed by atoms with Gasteiger partial charge in [-0.1, -0.05) is 44.2 Å². The zero-order valence-corrected chi connectivity index (χ0v) is 10.9. The largest absolute Gasteiger partial charge is 0.462 e. The topological polar surface area (TPSA) is 39.2 Å². The fourth-order valence-electron chi connectivity index (χ4n) is 1.48. The van der Waals surface area contributed by atoms with Crippen molar-refractivity contribution >= 4 is 17.6 Å². The molecule has 0 N–H and O–H groups in total. The predicted molar refractivity (Wildman–Crippen MR) is 68.3 cm³/mol. The molecule has 3 nitrogen and oxygen atoms in total. The fourth-order valence-corrected chi connectivity index (χ4v) is 1.66. The number of ether oxygens (including phenoxy) is 1. The third-order valence-electron chi connectivity index (χ3n) is 2.47. The van der Waals surface area contributed by atoms with Crippen molar-refractivity contribution in [3.05, 3.63) is 29.0 Å². The first-order valence-corrected chi connectivity index (χ1v) is 6.40. The Morgan fingerprint density at radius 2 is 2.12 bits per heavy atom. The minimum atomic E-state index is -0.390. The normalized spacial score (nSPS) is 10.2. The summed E-state index contributed by atoms with van der Waals surface area (Å²) in [4.78, 5) is 15.5. The van der Waals surface area contributed by atoms with Crippen LogP contribution >= 0.6 is 11.6 Å². The van der Waals surface area contributed by atoms with Crippen LogP contribution in [0.25, 0.3) is 0 Å². The van der Waals surface area contributed by atoms with E-state index in [2.05, 4.69) is 11.9 Å². The zero-order valence-electron chi connectivity index (χ0n) is 10.1. The van der Waals surface area contributed by atoms with Gasteiger partial charge in [-0.05, 0) is 12.5 Å². The summed E-state index contributed by atoms with van der Waals surface area (Å²) in [6, 6.07) is 1.58. The highest BCUT2D eigenvalue weighted by atomic mass is 35.5. The molecule has 17 heavy (non-hydrogen) atoms. The van der Waals surface area contributed by atoms with Crippen LogP contribution in [0.2, 0.25) is 5.02 Å². The number of esters is 1. The molecule has 0 unspecified atom stereocenters. The quantitative estimate of drug-likeness (QED) is 0.549. The predicted octanol–water partition coefficient (Wildman–Crippen LogP) is 3.86. The Kier molecular flexibility index (Phi) is 6.63. The first-order chi connectivity index (χ1) is 8.25. The number of carbonyl (C=O) groups excluding carboxylic acids is 1. The van der Waals surface area contributed by atoms with Crippen molar-refractivity contribution in [2.45, 2.75) is 39.0 Å². The summed E-state index contributed by atoms with van der Waals surface area (Å²) in [5.41, 5.74) is 0.336. The first-order valence-electron chi connectivity index (χ1n) is 6.02. The first kappa shape index (κ1) is 14.0. The molecule has 0 atom stereocenters. The minimum Gasteiger partial charge on any atom is -0.462 e. The van der Waals surface area contributed by atoms with Crippen molar-refractivity contribution in [3.63, 3.8) is 0 Å². The highest BCUT2D eigenvalue weighted by Gasteiger charge is 2.10. The van der Waals surface area contributed by atoms with E-state index in [0.29, 0.717) is 17.2 Å². The lowest BCUT2D eigenvalue weighted by Gasteiger charge is -2.05. The van der Waals surface area contributed by atoms with Gasteiger partial charge in [-0.2, -0.15) is 0 Å². The van der Waals surface area contributed by atoms with E-state index in [1.54, 1.807) is 12.3 Å². The lowest BCUT2D eigenvalue weighted by atomic mass is 10.2. The smallest absolute Gasteiger partial charge is 0.341 e. The summed E-state index contributed by atoms with van der Waals surface area (Å²) in [7, 11) is 0. The molecule has 0 spiro atoms. The molecule has 0 saturated carbocycles. The molecular formula is C13H18ClNO2. The van der Waals surface area contributed by atoms with E-state index in [1.165, 1.54) is 25.5 Å². The number of carbonyl (C=O) groups is 1. The van der Waals surface area contributed by atoms with Gasteiger partial charge >= 0.3 is 5.97 Å². The molecule has 0 fully saturated rings. The van der Waals surface area contributed by atoms with Crippen LogP contribution in [0, 0.1) is 0 Å². The highest BCUT2D eigenvalue weighted by molar-refractivity contribution is 6.33. The van der Waals surface area contributed by atoms with Gasteiger partial charge in [0.25, 0.3) is 0 Å². The van der Waals surface area contributed by atoms with Gasteiger partial charge in [0.1, 0.15) is 0 Å². The standard InChI is InChI=1S/C13H18ClNO2/c1-2-3-4-5-6-9-17-13(16)11-10-15-8-7-12(11)14/h7-8,10H,2-6,9H2,1H3. The van der Waals surface area contributed by atoms with Gasteiger partial charge in [0.05, 0.1) is 17.2 Å². The molecule has 0 saturated heterocycles. The second kappa shape index (κ2) is 8.07. The van der Waals surface area contributed by atoms with Crippen LogP contribution in [0.3, 0.4) is 0 Å². The Labute approximate surface area is 107 Å². The Balaban J connectivity index is 2.24. The maximum absolute atomic E-state index is 11.6. The number of hydrogen-bond donors (Lipinski definition) is 0. The van der Waals surface area contributed by atoms with Gasteiger partial charge < -0.3 is 4.74 Å². The lowest BCUT2D eigenvalue weighted by molar-refractivity contribution is 0.0497. The Hall–Kier alpha value is -1.09. The molecule has 0 aliphatic carbocycles. The Bertz CT molecular complexity index is 355. The van der Waals surface area contributed by atoms with Crippen molar-refractivity contribution in [1.29, 1.82) is 0 Å². The minimum absolute atomic E-state index is 0.336. The summed E-state index contributed by atoms with van der Waals surface area (Å²) in [5.74, 6) is -0.390. The van der Waals surface area contributed by atoms with Gasteiger partial charge in [0, 0.05) is 12.4 Å². The van der Waals surface area contributed by atoms with Gasteiger partial charge in [-0.15, -0.1) is 0 Å². The average Bonchev–Trinajstić information content (AvgIpc) is 2.34. The third kappa shape index (κ3) is 5.18. The average molecular weight is 256 g/mol. The van der Waals surface area contributed by atoms with E-state index >= 15 is 0 Å². The molecule has 1 rings (SSSR count). The molecule has 0 bridgehead atoms. The molecule has 1 aromatic heterocycles. The second-order valence-electron chi connectivity index (χ2n) is 3.91. The fraction of sp³-hybridized carbons (Fsp3) is 0.538. The maximum atomic E-state index is 11.6. The van der Waals surface area contributed by atoms with Crippen molar-refractivity contribution in [1.82, 2.24) is 4.98 Å². The number of nitrogens with zero attached hydrogens (tertiary/aromatic N) is 1. The highest BCUT2D eigenvalue weighted by Crippen LogP contribution is 2.14. The molecule has 0 radical (unpaired) electrons. The molecule has 4 heteroatoms. The van der Waals surface area contributed by atoms with E-state index in [1.807, 2.05) is 0 Å². The summed E-state index contributed by atoms with van der Waals surface area (Å²) in [6.07, 6.45) is 8.63. The Morgan fingerprint density at radius 3 is 2.82 bits per heavy atom. The molecule has 0 aromatic carbocycles. The number of pyridine rings is 1. The van der Waals surface area contributed by atoms with E-state index in [9.17, 15) is 4.79 Å². The van der Waals surface area contributed by atoms with Crippen molar-refractivity contribution in [3.8, 4) is 0 Å². The van der Waals surface area contributed by atoms with Crippen LogP contribution in [0.1, 0.15) is 49.4 Å². The van der Waals surface area contributed by atoms with Crippen LogP contribution in [0.15, 0.2) is 18.5 Å². The van der Waals surface area contributed by atoms with Gasteiger partial charge in [-0.3, -0.25) is 4.98 Å². The number of aromatic nitrogens is 1. The van der Waals surface area contributed by atoms with E-state index in [0.717, 1.165) is 12.8 Å². The molecule has 1 aromatic rings. The number of halogens is 1. The van der Waals surface area contributed by atoms with E-state index in [4.69, 9.17) is 16.3 Å². The summed E-state index contributed by atoms with van der Waals surface area (Å²) in [5, 5.41) is 0.385. The molecular weight excluding hydrogens is 238 g/mol. The van der Waals surface area contributed by atoms with Crippen molar-refractivity contribution in [2.75, 3.05) is 6.61 Å². The zero-order chi connectivity index (χ0) is 12.5. The maximum Gasteiger partial charge on any atom is 0.341 e. The molecule has 94 valence electrons. The number of hydrogen-bond acceptors (Lipinski definition) is 3. The molecule has 0 aliphatic rings. The molecule has 0 amide bonds. The van der Waals surface area contributed by atoms with Crippen LogP contribution in [-0.4, -0.2) is 17.6 Å². The summed E-state index contributed by atoms with van der Waals surface area (Å²) >= 11 is 5.86. The van der Waals surface area contributed by atoms with Crippen LogP contribution in [0.4, 0.5) is 0 Å². The SMILES string of the molecule is CCCCCCCOC(=O)c1cnccc1Cl. The number of unbranched alkanes of at least 4 members (excludes halogenated alkanes) is 4. The lowest BCUT2D eigenvalue weighted by Crippen LogP contribution is -2.07. The number of rotatable bonds is 7. The van der Waals surface area contributed by atoms with Gasteiger partial charge in [0.2, 0.25) is 0 Å². The second-order valence-corrected chi connectivity index (χ2v) is 4.31. The Morgan fingerprint density at radius 1 is 1.35 bits per heavy atom. The van der Waals surface area contributed by atoms with Crippen molar-refractivity contribution < 1.29 is 9.53 Å². The third-order valence-corrected chi connectivity index (χ3v) is 2.80. The van der Waals surface area contributed by atoms with Crippen LogP contribution in [0.5, 0.6) is 0 Å². The monoisotopic (exact) mass is 255 g/mol. The van der Waals surface area contributed by atoms with Gasteiger partial charge in [-0.25, -0.2) is 4.79 Å². The van der Waals surface area contributed by atoms with Crippen molar-refractivity contribution in [2.24, 2.45) is 0 Å². The molecule has 1 heterocycles. The van der Waals surface area contributed by atoms with Crippen LogP contribution < -0.4 is 0 Å². The summed E-state index contributed by atoms with van der Waals surface area (Å²) in [6.45, 7) is 2.62. The van der Waals surface area contributed by atoms with E-state index in [-0.39, 0.29) is 0 Å². The van der Waals surface area contributed by atoms with Gasteiger partial charge in [0.15, 0.2) is 0 Å². The van der Waals surface area contributed by atoms with E-state index < -0.39 is 5.97 Å². The summed E-state index contributed by atoms with van der Waals surface area (Å²) < 4.78 is 5.13. The molecule has 0 aliphatic heterocycles.